The molecule has 0 amide bonds. The summed E-state index contributed by atoms with van der Waals surface area (Å²) in [5.74, 6) is 1.90. The second-order valence-electron chi connectivity index (χ2n) is 12.4. The van der Waals surface area contributed by atoms with Gasteiger partial charge in [0, 0.05) is 47.6 Å². The molecule has 0 bridgehead atoms. The Balaban J connectivity index is 1.16. The van der Waals surface area contributed by atoms with Crippen LogP contribution in [0.2, 0.25) is 0 Å². The van der Waals surface area contributed by atoms with Crippen molar-refractivity contribution in [1.29, 1.82) is 0 Å². The quantitative estimate of drug-likeness (QED) is 0.185. The molecule has 0 spiro atoms. The molecule has 3 aromatic heterocycles. The van der Waals surface area contributed by atoms with E-state index < -0.39 is 0 Å². The summed E-state index contributed by atoms with van der Waals surface area (Å²) in [7, 11) is 0. The molecule has 0 saturated carbocycles. The predicted octanol–water partition coefficient (Wildman–Crippen LogP) is 12.5. The summed E-state index contributed by atoms with van der Waals surface area (Å²) in [5, 5.41) is 4.45. The van der Waals surface area contributed by atoms with Gasteiger partial charge in [-0.3, -0.25) is 0 Å². The topological polar surface area (TPSA) is 51.8 Å². The van der Waals surface area contributed by atoms with Crippen LogP contribution in [0.4, 0.5) is 0 Å². The predicted molar refractivity (Wildman–Crippen MR) is 207 cm³/mol. The van der Waals surface area contributed by atoms with E-state index in [1.807, 2.05) is 60.7 Å². The van der Waals surface area contributed by atoms with Gasteiger partial charge in [-0.15, -0.1) is 11.3 Å². The number of aromatic nitrogens is 3. The molecule has 10 aromatic rings. The lowest BCUT2D eigenvalue weighted by Gasteiger charge is -2.10. The molecule has 5 heteroatoms. The highest BCUT2D eigenvalue weighted by Crippen LogP contribution is 2.42. The lowest BCUT2D eigenvalue weighted by atomic mass is 9.97. The number of rotatable bonds is 5. The standard InChI is InChI=1S/C45H27N3OS/c1-3-11-28(12-4-1)30-15-9-16-31(25-30)32-22-24-40-37(26-32)42-35(18-10-20-41(42)50-40)45-47-43(29-13-5-2-6-14-29)46-44(48-45)33-21-23-39-36(27-33)34-17-7-8-19-38(34)49-39/h1-27H. The van der Waals surface area contributed by atoms with Gasteiger partial charge in [0.15, 0.2) is 17.5 Å². The van der Waals surface area contributed by atoms with Crippen LogP contribution in [0.3, 0.4) is 0 Å². The number of furan rings is 1. The smallest absolute Gasteiger partial charge is 0.164 e. The Bertz CT molecular complexity index is 2870. The molecule has 0 radical (unpaired) electrons. The molecule has 0 atom stereocenters. The first kappa shape index (κ1) is 28.6. The first-order valence-corrected chi connectivity index (χ1v) is 17.4. The van der Waals surface area contributed by atoms with E-state index in [1.54, 1.807) is 11.3 Å². The zero-order valence-corrected chi connectivity index (χ0v) is 27.6. The summed E-state index contributed by atoms with van der Waals surface area (Å²) in [6.07, 6.45) is 0. The van der Waals surface area contributed by atoms with Crippen molar-refractivity contribution in [2.24, 2.45) is 0 Å². The highest BCUT2D eigenvalue weighted by molar-refractivity contribution is 7.26. The third kappa shape index (κ3) is 4.87. The summed E-state index contributed by atoms with van der Waals surface area (Å²) in [5.41, 5.74) is 9.30. The fourth-order valence-corrected chi connectivity index (χ4v) is 8.02. The van der Waals surface area contributed by atoms with E-state index in [-0.39, 0.29) is 0 Å². The van der Waals surface area contributed by atoms with Crippen molar-refractivity contribution in [3.63, 3.8) is 0 Å². The normalized spacial score (nSPS) is 11.6. The fraction of sp³-hybridized carbons (Fsp3) is 0. The zero-order valence-electron chi connectivity index (χ0n) is 26.7. The van der Waals surface area contributed by atoms with Crippen molar-refractivity contribution in [1.82, 2.24) is 15.0 Å². The zero-order chi connectivity index (χ0) is 33.0. The number of thiophene rings is 1. The summed E-state index contributed by atoms with van der Waals surface area (Å²) in [6, 6.07) is 57.0. The van der Waals surface area contributed by atoms with Crippen LogP contribution >= 0.6 is 11.3 Å². The summed E-state index contributed by atoms with van der Waals surface area (Å²) in [4.78, 5) is 15.4. The van der Waals surface area contributed by atoms with Crippen molar-refractivity contribution >= 4 is 53.4 Å². The monoisotopic (exact) mass is 657 g/mol. The SMILES string of the molecule is c1ccc(-c2cccc(-c3ccc4sc5cccc(-c6nc(-c7ccccc7)nc(-c7ccc8oc9ccccc9c8c7)n6)c5c4c3)c2)cc1. The Morgan fingerprint density at radius 3 is 1.80 bits per heavy atom. The van der Waals surface area contributed by atoms with Gasteiger partial charge in [-0.2, -0.15) is 0 Å². The summed E-state index contributed by atoms with van der Waals surface area (Å²) in [6.45, 7) is 0. The van der Waals surface area contributed by atoms with Gasteiger partial charge in [0.1, 0.15) is 11.2 Å². The van der Waals surface area contributed by atoms with E-state index >= 15 is 0 Å². The first-order valence-electron chi connectivity index (χ1n) is 16.6. The third-order valence-corrected chi connectivity index (χ3v) is 10.5. The minimum atomic E-state index is 0.621. The van der Waals surface area contributed by atoms with Gasteiger partial charge in [-0.05, 0) is 70.8 Å². The minimum Gasteiger partial charge on any atom is -0.456 e. The van der Waals surface area contributed by atoms with Crippen LogP contribution in [0.5, 0.6) is 0 Å². The van der Waals surface area contributed by atoms with Crippen molar-refractivity contribution in [3.8, 4) is 56.4 Å². The van der Waals surface area contributed by atoms with Gasteiger partial charge < -0.3 is 4.42 Å². The molecular formula is C45H27N3OS. The molecule has 50 heavy (non-hydrogen) atoms. The summed E-state index contributed by atoms with van der Waals surface area (Å²) >= 11 is 1.80. The Kier molecular flexibility index (Phi) is 6.64. The molecule has 0 N–H and O–H groups in total. The van der Waals surface area contributed by atoms with Crippen LogP contribution in [0.15, 0.2) is 168 Å². The van der Waals surface area contributed by atoms with Gasteiger partial charge in [0.05, 0.1) is 0 Å². The van der Waals surface area contributed by atoms with Crippen molar-refractivity contribution in [2.75, 3.05) is 0 Å². The average molecular weight is 658 g/mol. The van der Waals surface area contributed by atoms with Gasteiger partial charge in [0.2, 0.25) is 0 Å². The maximum Gasteiger partial charge on any atom is 0.164 e. The average Bonchev–Trinajstić information content (AvgIpc) is 3.76. The van der Waals surface area contributed by atoms with Gasteiger partial charge in [-0.1, -0.05) is 115 Å². The van der Waals surface area contributed by atoms with Gasteiger partial charge >= 0.3 is 0 Å². The summed E-state index contributed by atoms with van der Waals surface area (Å²) < 4.78 is 8.55. The molecule has 0 aliphatic heterocycles. The Morgan fingerprint density at radius 1 is 0.360 bits per heavy atom. The largest absolute Gasteiger partial charge is 0.456 e. The van der Waals surface area contributed by atoms with Crippen LogP contribution in [-0.2, 0) is 0 Å². The fourth-order valence-electron chi connectivity index (χ4n) is 6.91. The highest BCUT2D eigenvalue weighted by Gasteiger charge is 2.18. The number of benzene rings is 7. The minimum absolute atomic E-state index is 0.621. The van der Waals surface area contributed by atoms with Crippen LogP contribution in [-0.4, -0.2) is 15.0 Å². The molecule has 0 fully saturated rings. The molecule has 0 aliphatic carbocycles. The van der Waals surface area contributed by atoms with Crippen molar-refractivity contribution in [2.45, 2.75) is 0 Å². The molecule has 234 valence electrons. The number of hydrogen-bond donors (Lipinski definition) is 0. The molecule has 7 aromatic carbocycles. The molecule has 10 rings (SSSR count). The van der Waals surface area contributed by atoms with E-state index in [0.717, 1.165) is 44.0 Å². The van der Waals surface area contributed by atoms with Crippen LogP contribution in [0.1, 0.15) is 0 Å². The first-order chi connectivity index (χ1) is 24.7. The highest BCUT2D eigenvalue weighted by atomic mass is 32.1. The maximum atomic E-state index is 6.13. The van der Waals surface area contributed by atoms with Crippen LogP contribution in [0, 0.1) is 0 Å². The van der Waals surface area contributed by atoms with Gasteiger partial charge in [0.25, 0.3) is 0 Å². The second kappa shape index (κ2) is 11.6. The number of nitrogens with zero attached hydrogens (tertiary/aromatic N) is 3. The van der Waals surface area contributed by atoms with E-state index in [4.69, 9.17) is 19.4 Å². The Labute approximate surface area is 292 Å². The molecule has 0 saturated heterocycles. The molecular weight excluding hydrogens is 631 g/mol. The van der Waals surface area contributed by atoms with Crippen LogP contribution in [0.25, 0.3) is 98.5 Å². The second-order valence-corrected chi connectivity index (χ2v) is 13.5. The van der Waals surface area contributed by atoms with E-state index in [1.165, 1.54) is 37.0 Å². The Hall–Kier alpha value is -6.43. The third-order valence-electron chi connectivity index (χ3n) is 9.34. The van der Waals surface area contributed by atoms with E-state index in [0.29, 0.717) is 17.5 Å². The van der Waals surface area contributed by atoms with Crippen LogP contribution < -0.4 is 0 Å². The molecule has 3 heterocycles. The van der Waals surface area contributed by atoms with E-state index in [9.17, 15) is 0 Å². The Morgan fingerprint density at radius 2 is 0.960 bits per heavy atom. The molecule has 0 aliphatic rings. The van der Waals surface area contributed by atoms with E-state index in [2.05, 4.69) is 103 Å². The maximum absolute atomic E-state index is 6.13. The van der Waals surface area contributed by atoms with Crippen molar-refractivity contribution in [3.05, 3.63) is 164 Å². The van der Waals surface area contributed by atoms with Crippen molar-refractivity contribution < 1.29 is 4.42 Å². The molecule has 0 unspecified atom stereocenters. The number of hydrogen-bond acceptors (Lipinski definition) is 5. The lowest BCUT2D eigenvalue weighted by molar-refractivity contribution is 0.669. The number of fused-ring (bicyclic) bond motifs is 6. The van der Waals surface area contributed by atoms with Gasteiger partial charge in [-0.25, -0.2) is 15.0 Å². The number of para-hydroxylation sites is 1. The molecule has 4 nitrogen and oxygen atoms in total. The lowest BCUT2D eigenvalue weighted by Crippen LogP contribution is -2.00.